The Balaban J connectivity index is 1.78. The van der Waals surface area contributed by atoms with Crippen LogP contribution < -0.4 is 10.2 Å². The number of aromatic nitrogens is 2. The molecule has 8 heteroatoms. The number of benzene rings is 2. The first kappa shape index (κ1) is 26.2. The molecule has 0 aliphatic heterocycles. The molecule has 2 amide bonds. The molecule has 35 heavy (non-hydrogen) atoms. The van der Waals surface area contributed by atoms with E-state index in [1.165, 1.54) is 11.8 Å². The van der Waals surface area contributed by atoms with Crippen LogP contribution in [-0.2, 0) is 16.1 Å². The van der Waals surface area contributed by atoms with E-state index in [0.29, 0.717) is 23.8 Å². The molecule has 0 radical (unpaired) electrons. The molecular formula is C27H33N5O2S. The molecular weight excluding hydrogens is 458 g/mol. The van der Waals surface area contributed by atoms with Crippen LogP contribution in [0, 0.1) is 13.8 Å². The molecule has 3 aromatic rings. The third kappa shape index (κ3) is 7.55. The Morgan fingerprint density at radius 2 is 1.60 bits per heavy atom. The Kier molecular flexibility index (Phi) is 9.25. The Morgan fingerprint density at radius 3 is 2.17 bits per heavy atom. The lowest BCUT2D eigenvalue weighted by molar-refractivity contribution is -0.137. The molecule has 1 unspecified atom stereocenters. The zero-order valence-electron chi connectivity index (χ0n) is 21.0. The van der Waals surface area contributed by atoms with Crippen molar-refractivity contribution in [2.45, 2.75) is 44.9 Å². The number of aryl methyl sites for hydroxylation is 2. The Labute approximate surface area is 212 Å². The number of anilines is 2. The van der Waals surface area contributed by atoms with Gasteiger partial charge in [0.05, 0.1) is 5.75 Å². The summed E-state index contributed by atoms with van der Waals surface area (Å²) in [5.74, 6) is -0.189. The number of nitrogens with zero attached hydrogens (tertiary/aromatic N) is 4. The fourth-order valence-electron chi connectivity index (χ4n) is 3.74. The molecule has 184 valence electrons. The van der Waals surface area contributed by atoms with E-state index in [4.69, 9.17) is 0 Å². The van der Waals surface area contributed by atoms with E-state index in [1.807, 2.05) is 100 Å². The second kappa shape index (κ2) is 12.4. The topological polar surface area (TPSA) is 78.4 Å². The number of thioether (sulfide) groups is 1. The quantitative estimate of drug-likeness (QED) is 0.327. The molecule has 1 heterocycles. The fraction of sp³-hybridized carbons (Fsp3) is 0.333. The summed E-state index contributed by atoms with van der Waals surface area (Å²) in [6, 6.07) is 18.7. The highest BCUT2D eigenvalue weighted by atomic mass is 32.2. The SMILES string of the molecule is CCC(C(=O)Nc1ccc(N(C)C)cc1)N(Cc1ccccc1)C(=O)CSc1nc(C)cc(C)n1. The molecule has 1 N–H and O–H groups in total. The van der Waals surface area contributed by atoms with Crippen LogP contribution in [0.3, 0.4) is 0 Å². The second-order valence-corrected chi connectivity index (χ2v) is 9.53. The summed E-state index contributed by atoms with van der Waals surface area (Å²) in [7, 11) is 3.93. The Hall–Kier alpha value is -3.39. The van der Waals surface area contributed by atoms with Crippen molar-refractivity contribution >= 4 is 35.0 Å². The van der Waals surface area contributed by atoms with Crippen molar-refractivity contribution in [2.75, 3.05) is 30.1 Å². The van der Waals surface area contributed by atoms with Crippen LogP contribution in [-0.4, -0.2) is 52.6 Å². The number of amides is 2. The number of nitrogens with one attached hydrogen (secondary N) is 1. The average molecular weight is 492 g/mol. The first-order valence-corrected chi connectivity index (χ1v) is 12.6. The summed E-state index contributed by atoms with van der Waals surface area (Å²) in [6.45, 7) is 6.08. The number of rotatable bonds is 10. The van der Waals surface area contributed by atoms with Crippen LogP contribution in [0.4, 0.5) is 11.4 Å². The summed E-state index contributed by atoms with van der Waals surface area (Å²) >= 11 is 1.29. The molecule has 0 bridgehead atoms. The van der Waals surface area contributed by atoms with Gasteiger partial charge in [0.2, 0.25) is 11.8 Å². The van der Waals surface area contributed by atoms with Gasteiger partial charge in [0.1, 0.15) is 6.04 Å². The van der Waals surface area contributed by atoms with E-state index in [2.05, 4.69) is 15.3 Å². The lowest BCUT2D eigenvalue weighted by atomic mass is 10.1. The van der Waals surface area contributed by atoms with Gasteiger partial charge in [-0.05, 0) is 56.2 Å². The maximum atomic E-state index is 13.4. The average Bonchev–Trinajstić information content (AvgIpc) is 2.83. The van der Waals surface area contributed by atoms with Crippen molar-refractivity contribution in [3.63, 3.8) is 0 Å². The molecule has 0 fully saturated rings. The summed E-state index contributed by atoms with van der Waals surface area (Å²) in [5.41, 5.74) is 4.43. The van der Waals surface area contributed by atoms with Crippen LogP contribution in [0.2, 0.25) is 0 Å². The normalized spacial score (nSPS) is 11.6. The molecule has 0 saturated carbocycles. The summed E-state index contributed by atoms with van der Waals surface area (Å²) in [4.78, 5) is 39.3. The van der Waals surface area contributed by atoms with E-state index in [9.17, 15) is 9.59 Å². The molecule has 7 nitrogen and oxygen atoms in total. The van der Waals surface area contributed by atoms with E-state index in [0.717, 1.165) is 22.6 Å². The van der Waals surface area contributed by atoms with Gasteiger partial charge < -0.3 is 15.1 Å². The van der Waals surface area contributed by atoms with Gasteiger partial charge in [0.25, 0.3) is 0 Å². The van der Waals surface area contributed by atoms with Gasteiger partial charge in [-0.2, -0.15) is 0 Å². The van der Waals surface area contributed by atoms with Crippen molar-refractivity contribution in [3.05, 3.63) is 77.6 Å². The summed E-state index contributed by atoms with van der Waals surface area (Å²) < 4.78 is 0. The first-order chi connectivity index (χ1) is 16.8. The van der Waals surface area contributed by atoms with Crippen molar-refractivity contribution in [1.82, 2.24) is 14.9 Å². The first-order valence-electron chi connectivity index (χ1n) is 11.6. The van der Waals surface area contributed by atoms with E-state index in [1.54, 1.807) is 4.90 Å². The third-order valence-corrected chi connectivity index (χ3v) is 6.35. The van der Waals surface area contributed by atoms with Gasteiger partial charge in [0, 0.05) is 43.4 Å². The van der Waals surface area contributed by atoms with Crippen LogP contribution in [0.5, 0.6) is 0 Å². The van der Waals surface area contributed by atoms with Gasteiger partial charge in [-0.25, -0.2) is 9.97 Å². The maximum Gasteiger partial charge on any atom is 0.247 e. The second-order valence-electron chi connectivity index (χ2n) is 8.58. The van der Waals surface area contributed by atoms with E-state index < -0.39 is 6.04 Å². The molecule has 0 aliphatic carbocycles. The highest BCUT2D eigenvalue weighted by molar-refractivity contribution is 7.99. The number of carbonyl (C=O) groups excluding carboxylic acids is 2. The third-order valence-electron chi connectivity index (χ3n) is 5.52. The van der Waals surface area contributed by atoms with E-state index >= 15 is 0 Å². The minimum atomic E-state index is -0.614. The predicted octanol–water partition coefficient (Wildman–Crippen LogP) is 4.70. The zero-order valence-corrected chi connectivity index (χ0v) is 21.8. The minimum Gasteiger partial charge on any atom is -0.378 e. The molecule has 0 spiro atoms. The molecule has 1 atom stereocenters. The number of hydrogen-bond donors (Lipinski definition) is 1. The van der Waals surface area contributed by atoms with Crippen LogP contribution in [0.1, 0.15) is 30.3 Å². The summed E-state index contributed by atoms with van der Waals surface area (Å²) in [6.07, 6.45) is 0.491. The lowest BCUT2D eigenvalue weighted by Gasteiger charge is -2.30. The standard InChI is InChI=1S/C27H33N5O2S/c1-6-24(26(34)30-22-12-14-23(15-13-22)31(4)5)32(17-21-10-8-7-9-11-21)25(33)18-35-27-28-19(2)16-20(3)29-27/h7-16,24H,6,17-18H2,1-5H3,(H,30,34). The monoisotopic (exact) mass is 491 g/mol. The maximum absolute atomic E-state index is 13.4. The largest absolute Gasteiger partial charge is 0.378 e. The highest BCUT2D eigenvalue weighted by Gasteiger charge is 2.29. The smallest absolute Gasteiger partial charge is 0.247 e. The predicted molar refractivity (Wildman–Crippen MR) is 143 cm³/mol. The van der Waals surface area contributed by atoms with Crippen LogP contribution >= 0.6 is 11.8 Å². The van der Waals surface area contributed by atoms with Gasteiger partial charge in [-0.3, -0.25) is 9.59 Å². The molecule has 0 aliphatic rings. The van der Waals surface area contributed by atoms with Crippen molar-refractivity contribution in [1.29, 1.82) is 0 Å². The van der Waals surface area contributed by atoms with Crippen molar-refractivity contribution in [3.8, 4) is 0 Å². The van der Waals surface area contributed by atoms with E-state index in [-0.39, 0.29) is 17.6 Å². The van der Waals surface area contributed by atoms with Crippen LogP contribution in [0.25, 0.3) is 0 Å². The van der Waals surface area contributed by atoms with Gasteiger partial charge in [0.15, 0.2) is 5.16 Å². The molecule has 1 aromatic heterocycles. The van der Waals surface area contributed by atoms with Crippen molar-refractivity contribution in [2.24, 2.45) is 0 Å². The van der Waals surface area contributed by atoms with Gasteiger partial charge in [-0.15, -0.1) is 0 Å². The van der Waals surface area contributed by atoms with Gasteiger partial charge >= 0.3 is 0 Å². The summed E-state index contributed by atoms with van der Waals surface area (Å²) in [5, 5.41) is 3.55. The lowest BCUT2D eigenvalue weighted by Crippen LogP contribution is -2.47. The number of hydrogen-bond acceptors (Lipinski definition) is 6. The Bertz CT molecular complexity index is 1120. The molecule has 2 aromatic carbocycles. The van der Waals surface area contributed by atoms with Gasteiger partial charge in [-0.1, -0.05) is 49.0 Å². The molecule has 3 rings (SSSR count). The van der Waals surface area contributed by atoms with Crippen LogP contribution in [0.15, 0.2) is 65.8 Å². The zero-order chi connectivity index (χ0) is 25.4. The highest BCUT2D eigenvalue weighted by Crippen LogP contribution is 2.20. The Morgan fingerprint density at radius 1 is 0.971 bits per heavy atom. The number of carbonyl (C=O) groups is 2. The molecule has 0 saturated heterocycles. The minimum absolute atomic E-state index is 0.133. The fourth-order valence-corrected chi connectivity index (χ4v) is 4.57. The van der Waals surface area contributed by atoms with Crippen molar-refractivity contribution < 1.29 is 9.59 Å².